The maximum absolute atomic E-state index is 4.62. The molecule has 0 saturated heterocycles. The fourth-order valence-corrected chi connectivity index (χ4v) is 4.60. The monoisotopic (exact) mass is 395 g/mol. The number of hydrogen-bond donors (Lipinski definition) is 1. The van der Waals surface area contributed by atoms with Crippen LogP contribution in [0.3, 0.4) is 0 Å². The Balaban J connectivity index is 1.90. The predicted octanol–water partition coefficient (Wildman–Crippen LogP) is 3.83. The number of benzene rings is 2. The van der Waals surface area contributed by atoms with Crippen molar-refractivity contribution in [2.24, 2.45) is 0 Å². The lowest BCUT2D eigenvalue weighted by Crippen LogP contribution is -3.06. The van der Waals surface area contributed by atoms with Crippen LogP contribution >= 0.6 is 11.8 Å². The summed E-state index contributed by atoms with van der Waals surface area (Å²) >= 11 is 1.78. The van der Waals surface area contributed by atoms with Gasteiger partial charge in [0, 0.05) is 12.2 Å². The van der Waals surface area contributed by atoms with Gasteiger partial charge in [0.1, 0.15) is 6.04 Å². The average Bonchev–Trinajstić information content (AvgIpc) is 3.03. The Hall–Kier alpha value is -2.11. The van der Waals surface area contributed by atoms with Gasteiger partial charge in [-0.25, -0.2) is 0 Å². The summed E-state index contributed by atoms with van der Waals surface area (Å²) in [5.41, 5.74) is 5.23. The molecule has 1 heterocycles. The van der Waals surface area contributed by atoms with Crippen molar-refractivity contribution in [3.63, 3.8) is 0 Å². The molecule has 1 atom stereocenters. The summed E-state index contributed by atoms with van der Waals surface area (Å²) in [6, 6.07) is 17.7. The SMILES string of the molecule is CC[C@H](c1nnc(SCc2cc(C)cc(C)c2)n1Cc1ccccc1)[NH+](C)C. The normalized spacial score (nSPS) is 12.5. The molecule has 0 aliphatic carbocycles. The maximum Gasteiger partial charge on any atom is 0.192 e. The van der Waals surface area contributed by atoms with Gasteiger partial charge in [-0.05, 0) is 25.0 Å². The van der Waals surface area contributed by atoms with Crippen molar-refractivity contribution in [1.82, 2.24) is 14.8 Å². The Morgan fingerprint density at radius 1 is 0.964 bits per heavy atom. The van der Waals surface area contributed by atoms with E-state index in [0.29, 0.717) is 6.04 Å². The van der Waals surface area contributed by atoms with Gasteiger partial charge < -0.3 is 4.90 Å². The smallest absolute Gasteiger partial charge is 0.192 e. The molecule has 1 N–H and O–H groups in total. The first-order chi connectivity index (χ1) is 13.5. The van der Waals surface area contributed by atoms with Gasteiger partial charge in [-0.2, -0.15) is 0 Å². The van der Waals surface area contributed by atoms with Crippen LogP contribution in [0.25, 0.3) is 0 Å². The summed E-state index contributed by atoms with van der Waals surface area (Å²) in [6.45, 7) is 7.34. The van der Waals surface area contributed by atoms with E-state index in [2.05, 4.69) is 98.2 Å². The minimum atomic E-state index is 0.340. The lowest BCUT2D eigenvalue weighted by Gasteiger charge is -2.20. The molecule has 28 heavy (non-hydrogen) atoms. The predicted molar refractivity (Wildman–Crippen MR) is 117 cm³/mol. The van der Waals surface area contributed by atoms with Crippen LogP contribution in [0.5, 0.6) is 0 Å². The van der Waals surface area contributed by atoms with Crippen LogP contribution < -0.4 is 4.90 Å². The largest absolute Gasteiger partial charge is 0.331 e. The molecule has 2 aromatic carbocycles. The Labute approximate surface area is 173 Å². The second-order valence-corrected chi connectivity index (χ2v) is 8.68. The minimum Gasteiger partial charge on any atom is -0.331 e. The van der Waals surface area contributed by atoms with Crippen LogP contribution in [0.1, 0.15) is 47.5 Å². The molecule has 1 aromatic heterocycles. The van der Waals surface area contributed by atoms with Crippen LogP contribution in [0.15, 0.2) is 53.7 Å². The van der Waals surface area contributed by atoms with Gasteiger partial charge in [-0.15, -0.1) is 10.2 Å². The molecule has 3 rings (SSSR count). The third kappa shape index (κ3) is 5.03. The van der Waals surface area contributed by atoms with Gasteiger partial charge in [0.15, 0.2) is 11.0 Å². The second-order valence-electron chi connectivity index (χ2n) is 7.74. The molecular formula is C23H31N4S+. The zero-order valence-corrected chi connectivity index (χ0v) is 18.4. The van der Waals surface area contributed by atoms with E-state index in [1.54, 1.807) is 11.8 Å². The number of aryl methyl sites for hydroxylation is 2. The van der Waals surface area contributed by atoms with Crippen molar-refractivity contribution < 1.29 is 4.90 Å². The van der Waals surface area contributed by atoms with Crippen molar-refractivity contribution in [1.29, 1.82) is 0 Å². The fourth-order valence-electron chi connectivity index (χ4n) is 3.73. The number of nitrogens with zero attached hydrogens (tertiary/aromatic N) is 3. The third-order valence-electron chi connectivity index (χ3n) is 5.00. The van der Waals surface area contributed by atoms with Crippen LogP contribution in [0.2, 0.25) is 0 Å². The Bertz CT molecular complexity index is 882. The van der Waals surface area contributed by atoms with E-state index in [0.717, 1.165) is 29.7 Å². The van der Waals surface area contributed by atoms with Gasteiger partial charge in [0.2, 0.25) is 0 Å². The average molecular weight is 396 g/mol. The molecule has 3 aromatic rings. The number of quaternary nitrogens is 1. The van der Waals surface area contributed by atoms with Gasteiger partial charge in [-0.1, -0.05) is 78.3 Å². The summed E-state index contributed by atoms with van der Waals surface area (Å²) in [4.78, 5) is 1.38. The molecule has 5 heteroatoms. The molecule has 0 unspecified atom stereocenters. The zero-order valence-electron chi connectivity index (χ0n) is 17.6. The van der Waals surface area contributed by atoms with Crippen LogP contribution in [-0.2, 0) is 12.3 Å². The summed E-state index contributed by atoms with van der Waals surface area (Å²) < 4.78 is 2.31. The van der Waals surface area contributed by atoms with Crippen LogP contribution in [0, 0.1) is 13.8 Å². The number of thioether (sulfide) groups is 1. The van der Waals surface area contributed by atoms with Crippen molar-refractivity contribution >= 4 is 11.8 Å². The lowest BCUT2D eigenvalue weighted by molar-refractivity contribution is -0.893. The molecule has 0 aliphatic heterocycles. The summed E-state index contributed by atoms with van der Waals surface area (Å²) in [7, 11) is 4.39. The van der Waals surface area contributed by atoms with Crippen molar-refractivity contribution in [2.45, 2.75) is 50.7 Å². The highest BCUT2D eigenvalue weighted by atomic mass is 32.2. The summed E-state index contributed by atoms with van der Waals surface area (Å²) in [6.07, 6.45) is 1.04. The van der Waals surface area contributed by atoms with E-state index in [9.17, 15) is 0 Å². The third-order valence-corrected chi connectivity index (χ3v) is 6.03. The zero-order chi connectivity index (χ0) is 20.1. The van der Waals surface area contributed by atoms with Gasteiger partial charge in [-0.3, -0.25) is 4.57 Å². The Morgan fingerprint density at radius 2 is 1.64 bits per heavy atom. The molecule has 0 bridgehead atoms. The fraction of sp³-hybridized carbons (Fsp3) is 0.391. The molecule has 0 saturated carbocycles. The Morgan fingerprint density at radius 3 is 2.25 bits per heavy atom. The first kappa shape index (κ1) is 20.6. The minimum absolute atomic E-state index is 0.340. The first-order valence-electron chi connectivity index (χ1n) is 9.95. The van der Waals surface area contributed by atoms with Crippen LogP contribution in [-0.4, -0.2) is 28.9 Å². The number of aromatic nitrogens is 3. The standard InChI is InChI=1S/C23H30N4S/c1-6-21(26(4)5)22-24-25-23(27(22)15-19-10-8-7-9-11-19)28-16-20-13-17(2)12-18(3)14-20/h7-14,21H,6,15-16H2,1-5H3/p+1/t21-/m1/s1. The quantitative estimate of drug-likeness (QED) is 0.589. The lowest BCUT2D eigenvalue weighted by atomic mass is 10.1. The van der Waals surface area contributed by atoms with Gasteiger partial charge in [0.05, 0.1) is 20.6 Å². The summed E-state index contributed by atoms with van der Waals surface area (Å²) in [5.74, 6) is 1.98. The molecule has 0 fully saturated rings. The molecule has 0 aliphatic rings. The first-order valence-corrected chi connectivity index (χ1v) is 10.9. The topological polar surface area (TPSA) is 35.1 Å². The highest BCUT2D eigenvalue weighted by Gasteiger charge is 2.25. The van der Waals surface area contributed by atoms with E-state index >= 15 is 0 Å². The molecule has 0 spiro atoms. The number of rotatable bonds is 8. The van der Waals surface area contributed by atoms with E-state index in [4.69, 9.17) is 0 Å². The van der Waals surface area contributed by atoms with E-state index in [1.807, 2.05) is 0 Å². The number of hydrogen-bond acceptors (Lipinski definition) is 3. The van der Waals surface area contributed by atoms with Crippen molar-refractivity contribution in [2.75, 3.05) is 14.1 Å². The van der Waals surface area contributed by atoms with Gasteiger partial charge >= 0.3 is 0 Å². The molecular weight excluding hydrogens is 364 g/mol. The number of nitrogens with one attached hydrogen (secondary N) is 1. The molecule has 0 radical (unpaired) electrons. The Kier molecular flexibility index (Phi) is 6.92. The van der Waals surface area contributed by atoms with Crippen molar-refractivity contribution in [3.8, 4) is 0 Å². The van der Waals surface area contributed by atoms with E-state index in [-0.39, 0.29) is 0 Å². The van der Waals surface area contributed by atoms with Crippen LogP contribution in [0.4, 0.5) is 0 Å². The highest BCUT2D eigenvalue weighted by molar-refractivity contribution is 7.98. The highest BCUT2D eigenvalue weighted by Crippen LogP contribution is 2.26. The second kappa shape index (κ2) is 9.39. The molecule has 0 amide bonds. The maximum atomic E-state index is 4.62. The molecule has 4 nitrogen and oxygen atoms in total. The van der Waals surface area contributed by atoms with E-state index < -0.39 is 0 Å². The van der Waals surface area contributed by atoms with Crippen molar-refractivity contribution in [3.05, 3.63) is 76.6 Å². The molecule has 148 valence electrons. The summed E-state index contributed by atoms with van der Waals surface area (Å²) in [5, 5.41) is 10.2. The van der Waals surface area contributed by atoms with Gasteiger partial charge in [0.25, 0.3) is 0 Å². The van der Waals surface area contributed by atoms with E-state index in [1.165, 1.54) is 27.2 Å².